The molecule has 120 valence electrons. The Morgan fingerprint density at radius 3 is 2.78 bits per heavy atom. The number of aromatic hydroxyl groups is 1. The number of ether oxygens (including phenoxy) is 1. The minimum absolute atomic E-state index is 0.00857. The van der Waals surface area contributed by atoms with Crippen LogP contribution in [-0.4, -0.2) is 10.7 Å². The van der Waals surface area contributed by atoms with E-state index in [0.717, 1.165) is 30.6 Å². The molecule has 3 nitrogen and oxygen atoms in total. The highest BCUT2D eigenvalue weighted by molar-refractivity contribution is 6.32. The molecule has 1 heterocycles. The number of hydrogen-bond acceptors (Lipinski definition) is 3. The SMILES string of the molecule is Oc1cccc(CNC2CC3(CCC3)Oc3ccccc32)c1Cl. The fraction of sp³-hybridized carbons (Fsp3) is 0.368. The van der Waals surface area contributed by atoms with Crippen molar-refractivity contribution in [3.05, 3.63) is 58.6 Å². The van der Waals surface area contributed by atoms with Gasteiger partial charge >= 0.3 is 0 Å². The molecule has 0 saturated heterocycles. The second-order valence-corrected chi connectivity index (χ2v) is 6.94. The van der Waals surface area contributed by atoms with Crippen LogP contribution in [0, 0.1) is 0 Å². The van der Waals surface area contributed by atoms with Crippen LogP contribution >= 0.6 is 11.6 Å². The van der Waals surface area contributed by atoms with Gasteiger partial charge in [0.05, 0.1) is 5.02 Å². The first-order valence-corrected chi connectivity index (χ1v) is 8.52. The van der Waals surface area contributed by atoms with Gasteiger partial charge in [-0.1, -0.05) is 41.9 Å². The van der Waals surface area contributed by atoms with E-state index in [4.69, 9.17) is 16.3 Å². The van der Waals surface area contributed by atoms with Gasteiger partial charge in [-0.05, 0) is 37.0 Å². The molecule has 1 unspecified atom stereocenters. The van der Waals surface area contributed by atoms with Crippen LogP contribution in [0.15, 0.2) is 42.5 Å². The molecule has 1 aliphatic carbocycles. The normalized spacial score (nSPS) is 21.3. The molecule has 2 aliphatic rings. The molecule has 2 aromatic carbocycles. The molecule has 1 spiro atoms. The van der Waals surface area contributed by atoms with Crippen molar-refractivity contribution >= 4 is 11.6 Å². The Morgan fingerprint density at radius 2 is 2.00 bits per heavy atom. The molecule has 0 bridgehead atoms. The zero-order valence-electron chi connectivity index (χ0n) is 12.9. The van der Waals surface area contributed by atoms with E-state index in [2.05, 4.69) is 23.5 Å². The average Bonchev–Trinajstić information content (AvgIpc) is 2.54. The summed E-state index contributed by atoms with van der Waals surface area (Å²) in [6.07, 6.45) is 4.49. The Morgan fingerprint density at radius 1 is 1.17 bits per heavy atom. The van der Waals surface area contributed by atoms with E-state index in [1.54, 1.807) is 6.07 Å². The van der Waals surface area contributed by atoms with Crippen molar-refractivity contribution in [2.24, 2.45) is 0 Å². The molecule has 2 aromatic rings. The maximum absolute atomic E-state index is 9.75. The molecule has 1 aliphatic heterocycles. The molecule has 2 N–H and O–H groups in total. The van der Waals surface area contributed by atoms with Crippen LogP contribution in [-0.2, 0) is 6.54 Å². The molecule has 1 atom stereocenters. The summed E-state index contributed by atoms with van der Waals surface area (Å²) in [6, 6.07) is 13.9. The van der Waals surface area contributed by atoms with E-state index >= 15 is 0 Å². The van der Waals surface area contributed by atoms with E-state index in [9.17, 15) is 5.11 Å². The Hall–Kier alpha value is -1.71. The first-order chi connectivity index (χ1) is 11.2. The Bertz CT molecular complexity index is 727. The van der Waals surface area contributed by atoms with Crippen molar-refractivity contribution in [2.45, 2.75) is 43.9 Å². The van der Waals surface area contributed by atoms with E-state index in [-0.39, 0.29) is 17.4 Å². The first-order valence-electron chi connectivity index (χ1n) is 8.15. The lowest BCUT2D eigenvalue weighted by molar-refractivity contribution is -0.0371. The number of hydrogen-bond donors (Lipinski definition) is 2. The Labute approximate surface area is 141 Å². The molecule has 0 amide bonds. The largest absolute Gasteiger partial charge is 0.506 e. The van der Waals surface area contributed by atoms with Crippen LogP contribution in [0.2, 0.25) is 5.02 Å². The summed E-state index contributed by atoms with van der Waals surface area (Å²) in [7, 11) is 0. The number of fused-ring (bicyclic) bond motifs is 1. The maximum atomic E-state index is 9.75. The second-order valence-electron chi connectivity index (χ2n) is 6.56. The van der Waals surface area contributed by atoms with Gasteiger partial charge < -0.3 is 15.2 Å². The number of para-hydroxylation sites is 1. The van der Waals surface area contributed by atoms with Crippen molar-refractivity contribution in [3.8, 4) is 11.5 Å². The van der Waals surface area contributed by atoms with Gasteiger partial charge in [0.2, 0.25) is 0 Å². The standard InChI is InChI=1S/C19H20ClNO2/c20-18-13(5-3-7-16(18)22)12-21-15-11-19(9-4-10-19)23-17-8-2-1-6-14(15)17/h1-3,5-8,15,21-22H,4,9-12H2. The fourth-order valence-electron chi connectivity index (χ4n) is 3.61. The number of phenolic OH excluding ortho intramolecular Hbond substituents is 1. The minimum Gasteiger partial charge on any atom is -0.506 e. The number of nitrogens with one attached hydrogen (secondary N) is 1. The van der Waals surface area contributed by atoms with Crippen molar-refractivity contribution in [3.63, 3.8) is 0 Å². The van der Waals surface area contributed by atoms with Gasteiger partial charge in [-0.25, -0.2) is 0 Å². The molecule has 0 radical (unpaired) electrons. The van der Waals surface area contributed by atoms with Crippen molar-refractivity contribution < 1.29 is 9.84 Å². The fourth-order valence-corrected chi connectivity index (χ4v) is 3.81. The minimum atomic E-state index is 0.00857. The van der Waals surface area contributed by atoms with Gasteiger partial charge in [0, 0.05) is 24.6 Å². The van der Waals surface area contributed by atoms with E-state index < -0.39 is 0 Å². The molecule has 1 fully saturated rings. The molecular formula is C19H20ClNO2. The van der Waals surface area contributed by atoms with E-state index in [0.29, 0.717) is 11.6 Å². The predicted molar refractivity (Wildman–Crippen MR) is 91.0 cm³/mol. The number of phenols is 1. The predicted octanol–water partition coefficient (Wildman–Crippen LogP) is 4.58. The number of rotatable bonds is 3. The van der Waals surface area contributed by atoms with Gasteiger partial charge in [-0.2, -0.15) is 0 Å². The van der Waals surface area contributed by atoms with Gasteiger partial charge in [0.15, 0.2) is 0 Å². The number of halogens is 1. The van der Waals surface area contributed by atoms with Crippen LogP contribution in [0.5, 0.6) is 11.5 Å². The lowest BCUT2D eigenvalue weighted by atomic mass is 9.73. The zero-order valence-corrected chi connectivity index (χ0v) is 13.6. The van der Waals surface area contributed by atoms with Gasteiger partial charge in [0.1, 0.15) is 17.1 Å². The molecule has 4 heteroatoms. The Kier molecular flexibility index (Phi) is 3.70. The summed E-state index contributed by atoms with van der Waals surface area (Å²) in [5.41, 5.74) is 2.13. The molecule has 1 saturated carbocycles. The quantitative estimate of drug-likeness (QED) is 0.866. The van der Waals surface area contributed by atoms with Crippen molar-refractivity contribution in [2.75, 3.05) is 0 Å². The van der Waals surface area contributed by atoms with E-state index in [1.807, 2.05) is 18.2 Å². The molecular weight excluding hydrogens is 310 g/mol. The molecule has 0 aromatic heterocycles. The van der Waals surface area contributed by atoms with Crippen molar-refractivity contribution in [1.29, 1.82) is 0 Å². The summed E-state index contributed by atoms with van der Waals surface area (Å²) in [6.45, 7) is 0.627. The van der Waals surface area contributed by atoms with Crippen LogP contribution in [0.1, 0.15) is 42.9 Å². The van der Waals surface area contributed by atoms with Gasteiger partial charge in [-0.3, -0.25) is 0 Å². The van der Waals surface area contributed by atoms with Crippen LogP contribution in [0.25, 0.3) is 0 Å². The smallest absolute Gasteiger partial charge is 0.134 e. The van der Waals surface area contributed by atoms with Crippen LogP contribution in [0.3, 0.4) is 0 Å². The van der Waals surface area contributed by atoms with Crippen LogP contribution in [0.4, 0.5) is 0 Å². The lowest BCUT2D eigenvalue weighted by Crippen LogP contribution is -2.49. The topological polar surface area (TPSA) is 41.5 Å². The summed E-state index contributed by atoms with van der Waals surface area (Å²) in [5, 5.41) is 13.8. The average molecular weight is 330 g/mol. The third-order valence-corrected chi connectivity index (χ3v) is 5.50. The Balaban J connectivity index is 1.57. The third-order valence-electron chi connectivity index (χ3n) is 5.06. The van der Waals surface area contributed by atoms with Gasteiger partial charge in [0.25, 0.3) is 0 Å². The van der Waals surface area contributed by atoms with Gasteiger partial charge in [-0.15, -0.1) is 0 Å². The number of benzene rings is 2. The van der Waals surface area contributed by atoms with E-state index in [1.165, 1.54) is 12.0 Å². The highest BCUT2D eigenvalue weighted by atomic mass is 35.5. The summed E-state index contributed by atoms with van der Waals surface area (Å²) >= 11 is 6.19. The first kappa shape index (κ1) is 14.9. The summed E-state index contributed by atoms with van der Waals surface area (Å²) in [5.74, 6) is 1.13. The third kappa shape index (κ3) is 2.68. The summed E-state index contributed by atoms with van der Waals surface area (Å²) in [4.78, 5) is 0. The zero-order chi connectivity index (χ0) is 15.9. The monoisotopic (exact) mass is 329 g/mol. The summed E-state index contributed by atoms with van der Waals surface area (Å²) < 4.78 is 6.27. The lowest BCUT2D eigenvalue weighted by Gasteiger charge is -2.48. The van der Waals surface area contributed by atoms with Crippen molar-refractivity contribution in [1.82, 2.24) is 5.32 Å². The highest BCUT2D eigenvalue weighted by Crippen LogP contribution is 2.48. The second kappa shape index (κ2) is 5.73. The maximum Gasteiger partial charge on any atom is 0.134 e. The van der Waals surface area contributed by atoms with Crippen LogP contribution < -0.4 is 10.1 Å². The highest BCUT2D eigenvalue weighted by Gasteiger charge is 2.45. The molecule has 4 rings (SSSR count). The molecule has 23 heavy (non-hydrogen) atoms.